The van der Waals surface area contributed by atoms with Crippen LogP contribution < -0.4 is 4.87 Å². The van der Waals surface area contributed by atoms with E-state index in [0.717, 1.165) is 39.2 Å². The number of aromatic nitrogens is 4. The summed E-state index contributed by atoms with van der Waals surface area (Å²) in [5.74, 6) is 0. The second-order valence-corrected chi connectivity index (χ2v) is 7.93. The average molecular weight is 379 g/mol. The highest BCUT2D eigenvalue weighted by Crippen LogP contribution is 2.27. The number of benzene rings is 1. The Morgan fingerprint density at radius 2 is 1.93 bits per heavy atom. The van der Waals surface area contributed by atoms with Crippen LogP contribution in [-0.4, -0.2) is 19.3 Å². The third-order valence-electron chi connectivity index (χ3n) is 4.65. The van der Waals surface area contributed by atoms with Gasteiger partial charge in [0.05, 0.1) is 18.4 Å². The van der Waals surface area contributed by atoms with Gasteiger partial charge in [-0.15, -0.1) is 0 Å². The molecule has 6 heteroatoms. The van der Waals surface area contributed by atoms with Gasteiger partial charge in [0.1, 0.15) is 0 Å². The number of hydrogen-bond acceptors (Lipinski definition) is 4. The normalized spacial score (nSPS) is 11.6. The summed E-state index contributed by atoms with van der Waals surface area (Å²) in [5.41, 5.74) is 3.98. The predicted molar refractivity (Wildman–Crippen MR) is 110 cm³/mol. The highest BCUT2D eigenvalue weighted by Gasteiger charge is 2.16. The zero-order valence-electron chi connectivity index (χ0n) is 15.7. The smallest absolute Gasteiger partial charge is 0.294 e. The third-order valence-corrected chi connectivity index (χ3v) is 5.78. The van der Waals surface area contributed by atoms with Crippen LogP contribution in [0.3, 0.4) is 0 Å². The fourth-order valence-corrected chi connectivity index (χ4v) is 4.33. The minimum absolute atomic E-state index is 0.0728. The molecule has 0 unspecified atom stereocenters. The molecule has 0 aliphatic rings. The van der Waals surface area contributed by atoms with Crippen LogP contribution in [0.15, 0.2) is 53.6 Å². The number of hydrogen-bond donors (Lipinski definition) is 0. The summed E-state index contributed by atoms with van der Waals surface area (Å²) in [6.07, 6.45) is 4.54. The molecule has 0 aliphatic carbocycles. The van der Waals surface area contributed by atoms with Crippen molar-refractivity contribution in [3.63, 3.8) is 0 Å². The highest BCUT2D eigenvalue weighted by molar-refractivity contribution is 7.09. The molecule has 0 bridgehead atoms. The first-order valence-electron chi connectivity index (χ1n) is 9.18. The molecule has 3 heterocycles. The van der Waals surface area contributed by atoms with E-state index in [0.29, 0.717) is 6.54 Å². The molecule has 0 atom stereocenters. The van der Waals surface area contributed by atoms with Gasteiger partial charge in [0.2, 0.25) is 0 Å². The minimum Gasteiger partial charge on any atom is -0.294 e. The van der Waals surface area contributed by atoms with Gasteiger partial charge in [0, 0.05) is 22.5 Å². The molecule has 0 fully saturated rings. The molecular formula is C21H22N4OS. The van der Waals surface area contributed by atoms with E-state index in [2.05, 4.69) is 49.1 Å². The predicted octanol–water partition coefficient (Wildman–Crippen LogP) is 4.51. The lowest BCUT2D eigenvalue weighted by Crippen LogP contribution is -2.15. The Balaban J connectivity index is 1.78. The summed E-state index contributed by atoms with van der Waals surface area (Å²) in [5, 5.41) is 5.43. The van der Waals surface area contributed by atoms with Crippen LogP contribution in [0.1, 0.15) is 37.3 Å². The van der Waals surface area contributed by atoms with E-state index in [1.165, 1.54) is 11.3 Å². The van der Waals surface area contributed by atoms with E-state index in [4.69, 9.17) is 0 Å². The molecule has 5 nitrogen and oxygen atoms in total. The van der Waals surface area contributed by atoms with E-state index >= 15 is 0 Å². The van der Waals surface area contributed by atoms with E-state index in [9.17, 15) is 4.79 Å². The van der Waals surface area contributed by atoms with Crippen molar-refractivity contribution >= 4 is 22.4 Å². The molecule has 3 aromatic heterocycles. The fraction of sp³-hybridized carbons (Fsp3) is 0.286. The summed E-state index contributed by atoms with van der Waals surface area (Å²) < 4.78 is 3.79. The van der Waals surface area contributed by atoms with Crippen LogP contribution in [0.2, 0.25) is 0 Å². The molecule has 0 N–H and O–H groups in total. The molecule has 138 valence electrons. The van der Waals surface area contributed by atoms with E-state index < -0.39 is 0 Å². The van der Waals surface area contributed by atoms with Crippen molar-refractivity contribution in [2.24, 2.45) is 0 Å². The first-order valence-corrected chi connectivity index (χ1v) is 10.00. The molecule has 0 amide bonds. The lowest BCUT2D eigenvalue weighted by atomic mass is 10.1. The minimum atomic E-state index is 0.0728. The highest BCUT2D eigenvalue weighted by atomic mass is 32.1. The summed E-state index contributed by atoms with van der Waals surface area (Å²) in [4.78, 5) is 18.5. The van der Waals surface area contributed by atoms with Gasteiger partial charge >= 0.3 is 4.87 Å². The van der Waals surface area contributed by atoms with Gasteiger partial charge in [0.25, 0.3) is 0 Å². The maximum absolute atomic E-state index is 12.7. The number of nitrogens with zero attached hydrogens (tertiary/aromatic N) is 4. The largest absolute Gasteiger partial charge is 0.308 e. The fourth-order valence-electron chi connectivity index (χ4n) is 3.38. The van der Waals surface area contributed by atoms with Gasteiger partial charge in [-0.1, -0.05) is 48.6 Å². The molecule has 0 saturated heterocycles. The summed E-state index contributed by atoms with van der Waals surface area (Å²) in [6, 6.07) is 12.5. The Labute approximate surface area is 161 Å². The van der Waals surface area contributed by atoms with E-state index in [-0.39, 0.29) is 10.9 Å². The Kier molecular flexibility index (Phi) is 4.66. The second kappa shape index (κ2) is 7.12. The Bertz CT molecular complexity index is 1140. The van der Waals surface area contributed by atoms with Crippen LogP contribution in [0.25, 0.3) is 22.3 Å². The number of rotatable bonds is 5. The molecule has 1 aromatic carbocycles. The van der Waals surface area contributed by atoms with Crippen molar-refractivity contribution in [1.29, 1.82) is 0 Å². The quantitative estimate of drug-likeness (QED) is 0.513. The lowest BCUT2D eigenvalue weighted by molar-refractivity contribution is 0.546. The van der Waals surface area contributed by atoms with Gasteiger partial charge < -0.3 is 0 Å². The van der Waals surface area contributed by atoms with Gasteiger partial charge in [-0.3, -0.25) is 9.36 Å². The first kappa shape index (κ1) is 17.7. The molecular weight excluding hydrogens is 356 g/mol. The van der Waals surface area contributed by atoms with Crippen molar-refractivity contribution in [1.82, 2.24) is 19.3 Å². The molecule has 0 aliphatic heterocycles. The van der Waals surface area contributed by atoms with Crippen molar-refractivity contribution in [3.8, 4) is 11.3 Å². The third kappa shape index (κ3) is 3.21. The number of fused-ring (bicyclic) bond motifs is 1. The topological polar surface area (TPSA) is 52.7 Å². The molecule has 4 aromatic rings. The maximum atomic E-state index is 12.7. The maximum Gasteiger partial charge on any atom is 0.308 e. The second-order valence-electron chi connectivity index (χ2n) is 6.88. The number of pyridine rings is 1. The van der Waals surface area contributed by atoms with Gasteiger partial charge in [-0.25, -0.2) is 9.67 Å². The van der Waals surface area contributed by atoms with Crippen molar-refractivity contribution in [2.75, 3.05) is 0 Å². The van der Waals surface area contributed by atoms with Gasteiger partial charge in [0.15, 0.2) is 5.65 Å². The van der Waals surface area contributed by atoms with E-state index in [1.54, 1.807) is 0 Å². The van der Waals surface area contributed by atoms with Crippen LogP contribution in [0.4, 0.5) is 0 Å². The average Bonchev–Trinajstić information content (AvgIpc) is 3.23. The zero-order valence-corrected chi connectivity index (χ0v) is 16.5. The first-order chi connectivity index (χ1) is 13.1. The number of aryl methyl sites for hydroxylation is 1. The monoisotopic (exact) mass is 378 g/mol. The molecule has 4 rings (SSSR count). The van der Waals surface area contributed by atoms with Crippen LogP contribution in [0.5, 0.6) is 0 Å². The molecule has 0 radical (unpaired) electrons. The van der Waals surface area contributed by atoms with Crippen LogP contribution in [-0.2, 0) is 13.0 Å². The molecule has 0 saturated carbocycles. The standard InChI is InChI=1S/C21H22N4OS/c1-4-18-19(16-8-6-5-7-9-16)24(21(26)27-18)13-15-10-17-12-23-25(14(2)3)20(17)22-11-15/h5-12,14H,4,13H2,1-3H3. The Morgan fingerprint density at radius 3 is 2.63 bits per heavy atom. The van der Waals surface area contributed by atoms with Crippen LogP contribution in [0, 0.1) is 0 Å². The summed E-state index contributed by atoms with van der Waals surface area (Å²) in [7, 11) is 0. The summed E-state index contributed by atoms with van der Waals surface area (Å²) in [6.45, 7) is 6.78. The SMILES string of the molecule is CCc1sc(=O)n(Cc2cnc3c(cnn3C(C)C)c2)c1-c1ccccc1. The van der Waals surface area contributed by atoms with E-state index in [1.807, 2.05) is 39.8 Å². The molecule has 27 heavy (non-hydrogen) atoms. The Hall–Kier alpha value is -2.73. The van der Waals surface area contributed by atoms with Crippen molar-refractivity contribution in [3.05, 3.63) is 68.9 Å². The van der Waals surface area contributed by atoms with Crippen LogP contribution >= 0.6 is 11.3 Å². The Morgan fingerprint density at radius 1 is 1.15 bits per heavy atom. The van der Waals surface area contributed by atoms with Gasteiger partial charge in [-0.2, -0.15) is 5.10 Å². The number of thiazole rings is 1. The van der Waals surface area contributed by atoms with Crippen molar-refractivity contribution < 1.29 is 0 Å². The van der Waals surface area contributed by atoms with Gasteiger partial charge in [-0.05, 0) is 37.5 Å². The molecule has 0 spiro atoms. The zero-order chi connectivity index (χ0) is 19.0. The lowest BCUT2D eigenvalue weighted by Gasteiger charge is -2.10. The summed E-state index contributed by atoms with van der Waals surface area (Å²) >= 11 is 1.34. The van der Waals surface area contributed by atoms with Crippen molar-refractivity contribution in [2.45, 2.75) is 39.8 Å².